The molecule has 5 N–H and O–H groups in total. The van der Waals surface area contributed by atoms with E-state index in [9.17, 15) is 18.8 Å². The molecule has 166 valence electrons. The SMILES string of the molecule is CNCCNC(=O)c1[nH]cnc1C(=O)Nc1ccc(NC(=O)c2ccc(F)cc2Cl)nc1. The summed E-state index contributed by atoms with van der Waals surface area (Å²) in [5, 5.41) is 10.6. The van der Waals surface area contributed by atoms with Gasteiger partial charge in [-0.3, -0.25) is 14.4 Å². The Morgan fingerprint density at radius 1 is 1.03 bits per heavy atom. The van der Waals surface area contributed by atoms with Crippen LogP contribution in [0.15, 0.2) is 42.9 Å². The van der Waals surface area contributed by atoms with E-state index < -0.39 is 23.5 Å². The third-order valence-corrected chi connectivity index (χ3v) is 4.49. The van der Waals surface area contributed by atoms with Gasteiger partial charge in [0.25, 0.3) is 17.7 Å². The zero-order chi connectivity index (χ0) is 23.1. The third kappa shape index (κ3) is 5.65. The van der Waals surface area contributed by atoms with Crippen LogP contribution in [0.25, 0.3) is 0 Å². The zero-order valence-corrected chi connectivity index (χ0v) is 17.6. The Morgan fingerprint density at radius 2 is 1.84 bits per heavy atom. The molecule has 2 aromatic heterocycles. The molecule has 0 spiro atoms. The number of nitrogens with zero attached hydrogens (tertiary/aromatic N) is 2. The van der Waals surface area contributed by atoms with Gasteiger partial charge in [0.1, 0.15) is 17.3 Å². The van der Waals surface area contributed by atoms with Gasteiger partial charge in [-0.05, 0) is 37.4 Å². The lowest BCUT2D eigenvalue weighted by Gasteiger charge is -2.08. The highest BCUT2D eigenvalue weighted by molar-refractivity contribution is 6.34. The van der Waals surface area contributed by atoms with E-state index in [0.29, 0.717) is 18.8 Å². The lowest BCUT2D eigenvalue weighted by molar-refractivity contribution is 0.0935. The molecule has 1 aromatic carbocycles. The highest BCUT2D eigenvalue weighted by Crippen LogP contribution is 2.19. The number of anilines is 2. The molecule has 3 rings (SSSR count). The molecule has 0 aliphatic rings. The predicted octanol–water partition coefficient (Wildman–Crippen LogP) is 2.05. The maximum atomic E-state index is 13.1. The van der Waals surface area contributed by atoms with Crippen molar-refractivity contribution in [3.05, 3.63) is 70.6 Å². The summed E-state index contributed by atoms with van der Waals surface area (Å²) in [6.45, 7) is 0.957. The van der Waals surface area contributed by atoms with Gasteiger partial charge in [-0.15, -0.1) is 0 Å². The summed E-state index contributed by atoms with van der Waals surface area (Å²) in [7, 11) is 1.75. The van der Waals surface area contributed by atoms with Crippen molar-refractivity contribution in [2.24, 2.45) is 0 Å². The van der Waals surface area contributed by atoms with Crippen LogP contribution in [0.4, 0.5) is 15.9 Å². The second-order valence-corrected chi connectivity index (χ2v) is 6.86. The Hall–Kier alpha value is -3.83. The summed E-state index contributed by atoms with van der Waals surface area (Å²) >= 11 is 5.88. The van der Waals surface area contributed by atoms with E-state index >= 15 is 0 Å². The summed E-state index contributed by atoms with van der Waals surface area (Å²) in [6, 6.07) is 6.38. The summed E-state index contributed by atoms with van der Waals surface area (Å²) in [6.07, 6.45) is 2.57. The number of rotatable bonds is 8. The van der Waals surface area contributed by atoms with Gasteiger partial charge in [-0.25, -0.2) is 14.4 Å². The van der Waals surface area contributed by atoms with E-state index in [2.05, 4.69) is 36.2 Å². The fraction of sp³-hybridized carbons (Fsp3) is 0.150. The van der Waals surface area contributed by atoms with Crippen molar-refractivity contribution < 1.29 is 18.8 Å². The maximum Gasteiger partial charge on any atom is 0.276 e. The van der Waals surface area contributed by atoms with Gasteiger partial charge in [-0.1, -0.05) is 11.6 Å². The number of imidazole rings is 1. The van der Waals surface area contributed by atoms with Gasteiger partial charge >= 0.3 is 0 Å². The van der Waals surface area contributed by atoms with Crippen LogP contribution in [-0.4, -0.2) is 52.8 Å². The Kier molecular flexibility index (Phi) is 7.47. The van der Waals surface area contributed by atoms with Crippen LogP contribution < -0.4 is 21.3 Å². The van der Waals surface area contributed by atoms with Crippen LogP contribution in [0.1, 0.15) is 31.3 Å². The number of likely N-dealkylation sites (N-methyl/N-ethyl adjacent to an activating group) is 1. The number of halogens is 2. The van der Waals surface area contributed by atoms with Crippen LogP contribution in [0.5, 0.6) is 0 Å². The lowest BCUT2D eigenvalue weighted by atomic mass is 10.2. The van der Waals surface area contributed by atoms with Crippen molar-refractivity contribution >= 4 is 40.8 Å². The number of carbonyl (C=O) groups excluding carboxylic acids is 3. The molecule has 0 bridgehead atoms. The van der Waals surface area contributed by atoms with E-state index in [-0.39, 0.29) is 27.8 Å². The van der Waals surface area contributed by atoms with Crippen molar-refractivity contribution in [3.8, 4) is 0 Å². The standard InChI is InChI=1S/C20H19ClFN7O3/c1-23-6-7-24-19(31)16-17(27-10-26-16)20(32)28-12-3-5-15(25-9-12)29-18(30)13-4-2-11(22)8-14(13)21/h2-5,8-10,23H,6-7H2,1H3,(H,24,31)(H,26,27)(H,28,32)(H,25,29,30). The minimum absolute atomic E-state index is 0.0313. The topological polar surface area (TPSA) is 141 Å². The number of hydrogen-bond donors (Lipinski definition) is 5. The molecule has 0 saturated heterocycles. The van der Waals surface area contributed by atoms with Gasteiger partial charge in [0.15, 0.2) is 5.69 Å². The highest BCUT2D eigenvalue weighted by Gasteiger charge is 2.20. The number of benzene rings is 1. The fourth-order valence-corrected chi connectivity index (χ4v) is 2.87. The first-order valence-corrected chi connectivity index (χ1v) is 9.77. The molecule has 3 aromatic rings. The third-order valence-electron chi connectivity index (χ3n) is 4.18. The number of H-pyrrole nitrogens is 1. The molecule has 2 heterocycles. The fourth-order valence-electron chi connectivity index (χ4n) is 2.62. The molecule has 0 fully saturated rings. The van der Waals surface area contributed by atoms with Crippen LogP contribution >= 0.6 is 11.6 Å². The highest BCUT2D eigenvalue weighted by atomic mass is 35.5. The number of aromatic nitrogens is 3. The first kappa shape index (κ1) is 22.8. The summed E-state index contributed by atoms with van der Waals surface area (Å²) in [5.41, 5.74) is 0.366. The quantitative estimate of drug-likeness (QED) is 0.326. The van der Waals surface area contributed by atoms with Gasteiger partial charge in [0.05, 0.1) is 28.8 Å². The molecule has 0 unspecified atom stereocenters. The number of carbonyl (C=O) groups is 3. The average Bonchev–Trinajstić information content (AvgIpc) is 3.25. The summed E-state index contributed by atoms with van der Waals surface area (Å²) < 4.78 is 13.1. The molecule has 0 atom stereocenters. The smallest absolute Gasteiger partial charge is 0.276 e. The van der Waals surface area contributed by atoms with E-state index in [1.165, 1.54) is 30.7 Å². The molecular weight excluding hydrogens is 441 g/mol. The molecule has 3 amide bonds. The molecule has 0 aliphatic carbocycles. The van der Waals surface area contributed by atoms with Crippen LogP contribution in [0, 0.1) is 5.82 Å². The monoisotopic (exact) mass is 459 g/mol. The Bertz CT molecular complexity index is 1130. The van der Waals surface area contributed by atoms with Gasteiger partial charge in [0, 0.05) is 13.1 Å². The minimum atomic E-state index is -0.610. The molecule has 12 heteroatoms. The van der Waals surface area contributed by atoms with E-state index in [0.717, 1.165) is 12.1 Å². The van der Waals surface area contributed by atoms with Crippen molar-refractivity contribution in [2.75, 3.05) is 30.8 Å². The van der Waals surface area contributed by atoms with Crippen molar-refractivity contribution in [2.45, 2.75) is 0 Å². The van der Waals surface area contributed by atoms with E-state index in [4.69, 9.17) is 11.6 Å². The van der Waals surface area contributed by atoms with Gasteiger partial charge in [-0.2, -0.15) is 0 Å². The Labute approximate surface area is 187 Å². The molecule has 10 nitrogen and oxygen atoms in total. The molecule has 0 aliphatic heterocycles. The number of hydrogen-bond acceptors (Lipinski definition) is 6. The normalized spacial score (nSPS) is 10.5. The van der Waals surface area contributed by atoms with Crippen LogP contribution in [0.3, 0.4) is 0 Å². The number of amides is 3. The molecule has 0 radical (unpaired) electrons. The van der Waals surface area contributed by atoms with E-state index in [1.54, 1.807) is 7.05 Å². The van der Waals surface area contributed by atoms with E-state index in [1.807, 2.05) is 0 Å². The molecule has 32 heavy (non-hydrogen) atoms. The van der Waals surface area contributed by atoms with Gasteiger partial charge in [0.2, 0.25) is 0 Å². The number of pyridine rings is 1. The second kappa shape index (κ2) is 10.5. The lowest BCUT2D eigenvalue weighted by Crippen LogP contribution is -2.32. The second-order valence-electron chi connectivity index (χ2n) is 6.45. The number of aromatic amines is 1. The molecule has 0 saturated carbocycles. The largest absolute Gasteiger partial charge is 0.349 e. The predicted molar refractivity (Wildman–Crippen MR) is 116 cm³/mol. The first-order valence-electron chi connectivity index (χ1n) is 9.39. The Morgan fingerprint density at radius 3 is 2.53 bits per heavy atom. The maximum absolute atomic E-state index is 13.1. The average molecular weight is 460 g/mol. The number of nitrogens with one attached hydrogen (secondary N) is 5. The Balaban J connectivity index is 1.62. The van der Waals surface area contributed by atoms with Crippen LogP contribution in [0.2, 0.25) is 5.02 Å². The summed E-state index contributed by atoms with van der Waals surface area (Å²) in [5.74, 6) is -2.00. The van der Waals surface area contributed by atoms with Crippen molar-refractivity contribution in [3.63, 3.8) is 0 Å². The zero-order valence-electron chi connectivity index (χ0n) is 16.8. The minimum Gasteiger partial charge on any atom is -0.349 e. The van der Waals surface area contributed by atoms with Gasteiger partial charge < -0.3 is 26.3 Å². The summed E-state index contributed by atoms with van der Waals surface area (Å²) in [4.78, 5) is 47.6. The van der Waals surface area contributed by atoms with Crippen LogP contribution in [-0.2, 0) is 0 Å². The molecular formula is C20H19ClFN7O3. The van der Waals surface area contributed by atoms with Crippen molar-refractivity contribution in [1.29, 1.82) is 0 Å². The van der Waals surface area contributed by atoms with Crippen molar-refractivity contribution in [1.82, 2.24) is 25.6 Å². The first-order chi connectivity index (χ1) is 15.4.